The van der Waals surface area contributed by atoms with Crippen LogP contribution in [0.15, 0.2) is 47.4 Å². The SMILES string of the molecule is O=S(=O)(c1cccc2nsnc12)N1CCN(CCc2ccc(F)cc2)CC1. The average Bonchev–Trinajstić information content (AvgIpc) is 3.16. The van der Waals surface area contributed by atoms with E-state index < -0.39 is 10.0 Å². The monoisotopic (exact) mass is 406 g/mol. The number of hydrogen-bond acceptors (Lipinski definition) is 6. The van der Waals surface area contributed by atoms with Crippen molar-refractivity contribution in [2.24, 2.45) is 0 Å². The summed E-state index contributed by atoms with van der Waals surface area (Å²) < 4.78 is 48.8. The van der Waals surface area contributed by atoms with Gasteiger partial charge in [-0.25, -0.2) is 12.8 Å². The first-order chi connectivity index (χ1) is 13.0. The number of aromatic nitrogens is 2. The molecule has 9 heteroatoms. The van der Waals surface area contributed by atoms with Gasteiger partial charge in [0.15, 0.2) is 0 Å². The predicted molar refractivity (Wildman–Crippen MR) is 103 cm³/mol. The van der Waals surface area contributed by atoms with Crippen LogP contribution in [0.25, 0.3) is 11.0 Å². The third kappa shape index (κ3) is 3.86. The van der Waals surface area contributed by atoms with Crippen molar-refractivity contribution in [1.29, 1.82) is 0 Å². The molecular formula is C18H19FN4O2S2. The predicted octanol–water partition coefficient (Wildman–Crippen LogP) is 2.38. The Morgan fingerprint density at radius 2 is 1.74 bits per heavy atom. The van der Waals surface area contributed by atoms with Crippen molar-refractivity contribution in [3.63, 3.8) is 0 Å². The molecule has 3 aromatic rings. The van der Waals surface area contributed by atoms with Crippen LogP contribution in [-0.4, -0.2) is 59.1 Å². The first-order valence-corrected chi connectivity index (χ1v) is 10.9. The smallest absolute Gasteiger partial charge is 0.245 e. The molecule has 0 aliphatic carbocycles. The molecule has 0 radical (unpaired) electrons. The molecule has 0 amide bonds. The molecule has 1 aromatic heterocycles. The Hall–Kier alpha value is -1.94. The molecule has 27 heavy (non-hydrogen) atoms. The van der Waals surface area contributed by atoms with E-state index in [0.29, 0.717) is 37.2 Å². The standard InChI is InChI=1S/C18H19FN4O2S2/c19-15-6-4-14(5-7-15)8-9-22-10-12-23(13-11-22)27(24,25)17-3-1-2-16-18(17)21-26-20-16/h1-7H,8-13H2. The quantitative estimate of drug-likeness (QED) is 0.651. The van der Waals surface area contributed by atoms with Gasteiger partial charge in [0.05, 0.1) is 11.7 Å². The number of hydrogen-bond donors (Lipinski definition) is 0. The molecule has 6 nitrogen and oxygen atoms in total. The summed E-state index contributed by atoms with van der Waals surface area (Å²) >= 11 is 1.02. The van der Waals surface area contributed by atoms with E-state index in [-0.39, 0.29) is 10.7 Å². The second kappa shape index (κ2) is 7.59. The highest BCUT2D eigenvalue weighted by molar-refractivity contribution is 7.89. The van der Waals surface area contributed by atoms with Crippen molar-refractivity contribution in [2.45, 2.75) is 11.3 Å². The molecular weight excluding hydrogens is 387 g/mol. The van der Waals surface area contributed by atoms with Gasteiger partial charge in [0.1, 0.15) is 21.7 Å². The van der Waals surface area contributed by atoms with Crippen molar-refractivity contribution in [3.05, 3.63) is 53.8 Å². The van der Waals surface area contributed by atoms with E-state index in [1.165, 1.54) is 16.4 Å². The molecule has 1 aliphatic rings. The lowest BCUT2D eigenvalue weighted by Crippen LogP contribution is -2.49. The van der Waals surface area contributed by atoms with Crippen molar-refractivity contribution >= 4 is 32.8 Å². The van der Waals surface area contributed by atoms with Crippen molar-refractivity contribution < 1.29 is 12.8 Å². The summed E-state index contributed by atoms with van der Waals surface area (Å²) in [6, 6.07) is 11.6. The highest BCUT2D eigenvalue weighted by atomic mass is 32.2. The van der Waals surface area contributed by atoms with Gasteiger partial charge in [-0.05, 0) is 36.2 Å². The summed E-state index contributed by atoms with van der Waals surface area (Å²) in [5, 5.41) is 0. The summed E-state index contributed by atoms with van der Waals surface area (Å²) in [4.78, 5) is 2.47. The number of sulfonamides is 1. The van der Waals surface area contributed by atoms with Crippen molar-refractivity contribution in [3.8, 4) is 0 Å². The fourth-order valence-electron chi connectivity index (χ4n) is 3.26. The highest BCUT2D eigenvalue weighted by Gasteiger charge is 2.30. The zero-order valence-electron chi connectivity index (χ0n) is 14.6. The molecule has 0 saturated carbocycles. The lowest BCUT2D eigenvalue weighted by Gasteiger charge is -2.34. The van der Waals surface area contributed by atoms with Crippen molar-refractivity contribution in [2.75, 3.05) is 32.7 Å². The molecule has 142 valence electrons. The number of rotatable bonds is 5. The fraction of sp³-hybridized carbons (Fsp3) is 0.333. The second-order valence-electron chi connectivity index (χ2n) is 6.51. The molecule has 1 saturated heterocycles. The molecule has 0 spiro atoms. The van der Waals surface area contributed by atoms with Crippen LogP contribution in [0.3, 0.4) is 0 Å². The maximum atomic E-state index is 13.0. The molecule has 2 heterocycles. The number of nitrogens with zero attached hydrogens (tertiary/aromatic N) is 4. The van der Waals surface area contributed by atoms with Gasteiger partial charge in [-0.1, -0.05) is 18.2 Å². The molecule has 4 rings (SSSR count). The average molecular weight is 407 g/mol. The molecule has 0 unspecified atom stereocenters. The minimum Gasteiger partial charge on any atom is -0.300 e. The Morgan fingerprint density at radius 1 is 1.00 bits per heavy atom. The molecule has 0 bridgehead atoms. The minimum absolute atomic E-state index is 0.230. The zero-order chi connectivity index (χ0) is 18.9. The Morgan fingerprint density at radius 3 is 2.48 bits per heavy atom. The molecule has 0 N–H and O–H groups in total. The lowest BCUT2D eigenvalue weighted by molar-refractivity contribution is 0.190. The number of fused-ring (bicyclic) bond motifs is 1. The van der Waals surface area contributed by atoms with Gasteiger partial charge in [-0.3, -0.25) is 0 Å². The maximum absolute atomic E-state index is 13.0. The van der Waals surface area contributed by atoms with Gasteiger partial charge in [-0.15, -0.1) is 0 Å². The second-order valence-corrected chi connectivity index (χ2v) is 8.95. The highest BCUT2D eigenvalue weighted by Crippen LogP contribution is 2.25. The Balaban J connectivity index is 1.39. The van der Waals surface area contributed by atoms with Gasteiger partial charge in [0, 0.05) is 32.7 Å². The zero-order valence-corrected chi connectivity index (χ0v) is 16.2. The van der Waals surface area contributed by atoms with E-state index in [4.69, 9.17) is 0 Å². The van der Waals surface area contributed by atoms with Crippen molar-refractivity contribution in [1.82, 2.24) is 18.0 Å². The van der Waals surface area contributed by atoms with Crippen LogP contribution < -0.4 is 0 Å². The largest absolute Gasteiger partial charge is 0.300 e. The van der Waals surface area contributed by atoms with Crippen LogP contribution in [0.4, 0.5) is 4.39 Å². The first-order valence-electron chi connectivity index (χ1n) is 8.72. The summed E-state index contributed by atoms with van der Waals surface area (Å²) in [7, 11) is -3.58. The topological polar surface area (TPSA) is 66.4 Å². The van der Waals surface area contributed by atoms with E-state index in [0.717, 1.165) is 30.3 Å². The summed E-state index contributed by atoms with van der Waals surface area (Å²) in [6.45, 7) is 3.06. The van der Waals surface area contributed by atoms with Gasteiger partial charge >= 0.3 is 0 Å². The Labute approximate surface area is 161 Å². The van der Waals surface area contributed by atoms with Crippen LogP contribution in [0.2, 0.25) is 0 Å². The summed E-state index contributed by atoms with van der Waals surface area (Å²) in [6.07, 6.45) is 0.816. The van der Waals surface area contributed by atoms with Gasteiger partial charge in [-0.2, -0.15) is 13.1 Å². The van der Waals surface area contributed by atoms with E-state index in [9.17, 15) is 12.8 Å². The van der Waals surface area contributed by atoms with E-state index in [1.54, 1.807) is 30.3 Å². The number of benzene rings is 2. The summed E-state index contributed by atoms with van der Waals surface area (Å²) in [5.74, 6) is -0.233. The molecule has 1 fully saturated rings. The van der Waals surface area contributed by atoms with Crippen LogP contribution >= 0.6 is 11.7 Å². The normalized spacial score (nSPS) is 16.8. The maximum Gasteiger partial charge on any atom is 0.245 e. The van der Waals surface area contributed by atoms with Gasteiger partial charge in [0.25, 0.3) is 0 Å². The molecule has 0 atom stereocenters. The van der Waals surface area contributed by atoms with Gasteiger partial charge in [0.2, 0.25) is 10.0 Å². The minimum atomic E-state index is -3.58. The first kappa shape index (κ1) is 18.4. The van der Waals surface area contributed by atoms with Crippen LogP contribution in [0.5, 0.6) is 0 Å². The number of piperazine rings is 1. The van der Waals surface area contributed by atoms with E-state index in [1.807, 2.05) is 0 Å². The van der Waals surface area contributed by atoms with E-state index >= 15 is 0 Å². The van der Waals surface area contributed by atoms with Crippen LogP contribution in [-0.2, 0) is 16.4 Å². The lowest BCUT2D eigenvalue weighted by atomic mass is 10.1. The van der Waals surface area contributed by atoms with Crippen LogP contribution in [0.1, 0.15) is 5.56 Å². The number of halogens is 1. The molecule has 1 aliphatic heterocycles. The van der Waals surface area contributed by atoms with Crippen LogP contribution in [0, 0.1) is 5.82 Å². The van der Waals surface area contributed by atoms with E-state index in [2.05, 4.69) is 13.6 Å². The Bertz CT molecular complexity index is 1030. The fourth-order valence-corrected chi connectivity index (χ4v) is 5.44. The molecule has 2 aromatic carbocycles. The Kier molecular flexibility index (Phi) is 5.18. The third-order valence-corrected chi connectivity index (χ3v) is 7.30. The third-order valence-electron chi connectivity index (χ3n) is 4.83. The summed E-state index contributed by atoms with van der Waals surface area (Å²) in [5.41, 5.74) is 2.13. The van der Waals surface area contributed by atoms with Gasteiger partial charge < -0.3 is 4.90 Å².